The number of fused-ring (bicyclic) bond motifs is 5. The molecule has 2 fully saturated rings. The minimum atomic E-state index is -0.758. The number of amides is 2. The monoisotopic (exact) mass is 374 g/mol. The first kappa shape index (κ1) is 16.8. The molecule has 4 heterocycles. The Bertz CT molecular complexity index is 1030. The molecule has 5 rings (SSSR count). The van der Waals surface area contributed by atoms with Gasteiger partial charge in [-0.15, -0.1) is 0 Å². The average molecular weight is 374 g/mol. The average Bonchev–Trinajstić information content (AvgIpc) is 3.07. The first-order chi connectivity index (χ1) is 13.5. The van der Waals surface area contributed by atoms with E-state index in [1.54, 1.807) is 35.2 Å². The molecular formula is C21H18N4O3. The molecule has 7 nitrogen and oxygen atoms in total. The third-order valence-electron chi connectivity index (χ3n) is 5.69. The maximum Gasteiger partial charge on any atom is 0.240 e. The van der Waals surface area contributed by atoms with Gasteiger partial charge in [-0.05, 0) is 38.1 Å². The lowest BCUT2D eigenvalue weighted by Gasteiger charge is -2.33. The van der Waals surface area contributed by atoms with Crippen molar-refractivity contribution in [1.82, 2.24) is 9.97 Å². The predicted octanol–water partition coefficient (Wildman–Crippen LogP) is 1.60. The fourth-order valence-corrected chi connectivity index (χ4v) is 4.67. The molecule has 28 heavy (non-hydrogen) atoms. The van der Waals surface area contributed by atoms with Gasteiger partial charge in [0.25, 0.3) is 0 Å². The van der Waals surface area contributed by atoms with Gasteiger partial charge in [-0.1, -0.05) is 24.3 Å². The van der Waals surface area contributed by atoms with Crippen LogP contribution >= 0.6 is 0 Å². The van der Waals surface area contributed by atoms with Crippen molar-refractivity contribution < 1.29 is 14.4 Å². The van der Waals surface area contributed by atoms with E-state index < -0.39 is 23.9 Å². The van der Waals surface area contributed by atoms with Crippen molar-refractivity contribution in [2.75, 3.05) is 9.80 Å². The second-order valence-electron chi connectivity index (χ2n) is 7.45. The molecule has 1 aromatic heterocycles. The number of benzene rings is 1. The molecule has 2 bridgehead atoms. The van der Waals surface area contributed by atoms with Crippen LogP contribution in [0.4, 0.5) is 11.6 Å². The van der Waals surface area contributed by atoms with Crippen LogP contribution in [0, 0.1) is 25.7 Å². The summed E-state index contributed by atoms with van der Waals surface area (Å²) in [6, 6.07) is 9.53. The Labute approximate surface area is 161 Å². The van der Waals surface area contributed by atoms with E-state index in [1.807, 2.05) is 26.0 Å². The molecule has 4 atom stereocenters. The number of para-hydroxylation sites is 1. The maximum atomic E-state index is 13.3. The molecule has 140 valence electrons. The fourth-order valence-electron chi connectivity index (χ4n) is 4.67. The molecule has 7 heteroatoms. The molecule has 2 aromatic rings. The third kappa shape index (κ3) is 2.19. The van der Waals surface area contributed by atoms with Gasteiger partial charge >= 0.3 is 0 Å². The van der Waals surface area contributed by atoms with E-state index in [9.17, 15) is 14.4 Å². The number of nitrogens with zero attached hydrogens (tertiary/aromatic N) is 4. The first-order valence-electron chi connectivity index (χ1n) is 9.23. The standard InChI is InChI=1S/C21H18N4O3/c1-11-10-12(2)23-21(22-11)25-14-8-9-15(26)18(25)17-16(14)19(27)24(20(17)28)13-6-4-3-5-7-13/h3-10,14,16-18H,1-2H3. The van der Waals surface area contributed by atoms with Crippen LogP contribution in [0.25, 0.3) is 0 Å². The van der Waals surface area contributed by atoms with E-state index in [4.69, 9.17) is 0 Å². The molecule has 0 aliphatic carbocycles. The zero-order valence-electron chi connectivity index (χ0n) is 15.4. The highest BCUT2D eigenvalue weighted by Crippen LogP contribution is 2.47. The number of imide groups is 1. The summed E-state index contributed by atoms with van der Waals surface area (Å²) in [6.07, 6.45) is 3.20. The molecular weight excluding hydrogens is 356 g/mol. The van der Waals surface area contributed by atoms with Crippen molar-refractivity contribution in [3.63, 3.8) is 0 Å². The minimum Gasteiger partial charge on any atom is -0.322 e. The number of carbonyl (C=O) groups excluding carboxylic acids is 3. The summed E-state index contributed by atoms with van der Waals surface area (Å²) in [5, 5.41) is 0. The number of aryl methyl sites for hydroxylation is 2. The summed E-state index contributed by atoms with van der Waals surface area (Å²) in [5.74, 6) is -1.76. The zero-order valence-corrected chi connectivity index (χ0v) is 15.4. The van der Waals surface area contributed by atoms with Gasteiger partial charge in [0.15, 0.2) is 5.78 Å². The number of hydrogen-bond donors (Lipinski definition) is 0. The van der Waals surface area contributed by atoms with Crippen LogP contribution in [-0.2, 0) is 14.4 Å². The number of hydrogen-bond acceptors (Lipinski definition) is 6. The van der Waals surface area contributed by atoms with Crippen LogP contribution in [0.2, 0.25) is 0 Å². The minimum absolute atomic E-state index is 0.192. The molecule has 4 unspecified atom stereocenters. The van der Waals surface area contributed by atoms with Crippen molar-refractivity contribution in [1.29, 1.82) is 0 Å². The van der Waals surface area contributed by atoms with Gasteiger partial charge in [0, 0.05) is 11.4 Å². The lowest BCUT2D eigenvalue weighted by molar-refractivity contribution is -0.125. The van der Waals surface area contributed by atoms with Crippen LogP contribution in [0.1, 0.15) is 11.4 Å². The Balaban J connectivity index is 1.61. The maximum absolute atomic E-state index is 13.3. The van der Waals surface area contributed by atoms with E-state index in [1.165, 1.54) is 11.0 Å². The molecule has 3 aliphatic heterocycles. The second-order valence-corrected chi connectivity index (χ2v) is 7.45. The van der Waals surface area contributed by atoms with Gasteiger partial charge in [-0.2, -0.15) is 0 Å². The van der Waals surface area contributed by atoms with Gasteiger partial charge in [0.1, 0.15) is 6.04 Å². The lowest BCUT2D eigenvalue weighted by atomic mass is 9.90. The highest BCUT2D eigenvalue weighted by atomic mass is 16.2. The van der Waals surface area contributed by atoms with E-state index >= 15 is 0 Å². The number of rotatable bonds is 2. The van der Waals surface area contributed by atoms with Crippen LogP contribution in [-0.4, -0.2) is 39.6 Å². The van der Waals surface area contributed by atoms with E-state index in [0.29, 0.717) is 11.6 Å². The topological polar surface area (TPSA) is 83.5 Å². The van der Waals surface area contributed by atoms with Gasteiger partial charge in [0.05, 0.1) is 23.6 Å². The molecule has 2 saturated heterocycles. The third-order valence-corrected chi connectivity index (χ3v) is 5.69. The smallest absolute Gasteiger partial charge is 0.240 e. The Hall–Kier alpha value is -3.35. The van der Waals surface area contributed by atoms with Crippen molar-refractivity contribution in [2.24, 2.45) is 11.8 Å². The van der Waals surface area contributed by atoms with E-state index in [0.717, 1.165) is 11.4 Å². The SMILES string of the molecule is Cc1cc(C)nc(N2C3C=CC(=O)C2C2C(=O)N(c4ccccc4)C(=O)C23)n1. The summed E-state index contributed by atoms with van der Waals surface area (Å²) in [6.45, 7) is 3.71. The molecule has 1 aromatic carbocycles. The van der Waals surface area contributed by atoms with Gasteiger partial charge < -0.3 is 4.90 Å². The summed E-state index contributed by atoms with van der Waals surface area (Å²) < 4.78 is 0. The van der Waals surface area contributed by atoms with Crippen molar-refractivity contribution in [2.45, 2.75) is 25.9 Å². The number of anilines is 2. The quantitative estimate of drug-likeness (QED) is 0.743. The Morgan fingerprint density at radius 2 is 1.54 bits per heavy atom. The molecule has 0 N–H and O–H groups in total. The summed E-state index contributed by atoms with van der Waals surface area (Å²) in [5.41, 5.74) is 2.09. The molecule has 0 spiro atoms. The largest absolute Gasteiger partial charge is 0.322 e. The molecule has 3 aliphatic rings. The highest BCUT2D eigenvalue weighted by Gasteiger charge is 2.65. The number of aromatic nitrogens is 2. The van der Waals surface area contributed by atoms with Gasteiger partial charge in [-0.25, -0.2) is 14.9 Å². The van der Waals surface area contributed by atoms with Crippen molar-refractivity contribution in [3.05, 3.63) is 59.9 Å². The summed E-state index contributed by atoms with van der Waals surface area (Å²) in [7, 11) is 0. The highest BCUT2D eigenvalue weighted by molar-refractivity contribution is 6.25. The Morgan fingerprint density at radius 1 is 0.893 bits per heavy atom. The predicted molar refractivity (Wildman–Crippen MR) is 102 cm³/mol. The fraction of sp³-hybridized carbons (Fsp3) is 0.286. The van der Waals surface area contributed by atoms with Crippen molar-refractivity contribution >= 4 is 29.2 Å². The summed E-state index contributed by atoms with van der Waals surface area (Å²) >= 11 is 0. The van der Waals surface area contributed by atoms with Crippen LogP contribution in [0.15, 0.2) is 48.6 Å². The molecule has 2 amide bonds. The number of carbonyl (C=O) groups is 3. The van der Waals surface area contributed by atoms with Crippen LogP contribution < -0.4 is 9.80 Å². The van der Waals surface area contributed by atoms with Gasteiger partial charge in [0.2, 0.25) is 17.8 Å². The van der Waals surface area contributed by atoms with Crippen LogP contribution in [0.3, 0.4) is 0 Å². The Morgan fingerprint density at radius 3 is 2.21 bits per heavy atom. The zero-order chi connectivity index (χ0) is 19.6. The second kappa shape index (κ2) is 5.82. The van der Waals surface area contributed by atoms with Gasteiger partial charge in [-0.3, -0.25) is 14.4 Å². The normalized spacial score (nSPS) is 28.3. The molecule has 0 radical (unpaired) electrons. The van der Waals surface area contributed by atoms with Crippen LogP contribution in [0.5, 0.6) is 0 Å². The summed E-state index contributed by atoms with van der Waals surface area (Å²) in [4.78, 5) is 51.2. The molecule has 0 saturated carbocycles. The van der Waals surface area contributed by atoms with E-state index in [-0.39, 0.29) is 17.6 Å². The Kier molecular flexibility index (Phi) is 3.49. The van der Waals surface area contributed by atoms with E-state index in [2.05, 4.69) is 9.97 Å². The number of ketones is 1. The van der Waals surface area contributed by atoms with Crippen molar-refractivity contribution in [3.8, 4) is 0 Å². The first-order valence-corrected chi connectivity index (χ1v) is 9.23. The lowest BCUT2D eigenvalue weighted by Crippen LogP contribution is -2.50.